The molecule has 3 heteroatoms. The van der Waals surface area contributed by atoms with E-state index in [1.165, 1.54) is 32.0 Å². The Morgan fingerprint density at radius 3 is 2.73 bits per heavy atom. The first-order valence-electron chi connectivity index (χ1n) is 5.42. The van der Waals surface area contributed by atoms with E-state index in [4.69, 9.17) is 0 Å². The summed E-state index contributed by atoms with van der Waals surface area (Å²) in [5, 5.41) is 0. The summed E-state index contributed by atoms with van der Waals surface area (Å²) in [6, 6.07) is 4.90. The van der Waals surface area contributed by atoms with Gasteiger partial charge in [-0.05, 0) is 56.1 Å². The minimum Gasteiger partial charge on any atom is -0.303 e. The van der Waals surface area contributed by atoms with E-state index in [0.29, 0.717) is 0 Å². The van der Waals surface area contributed by atoms with Gasteiger partial charge in [-0.3, -0.25) is 0 Å². The van der Waals surface area contributed by atoms with E-state index < -0.39 is 0 Å². The van der Waals surface area contributed by atoms with Gasteiger partial charge in [-0.25, -0.2) is 4.39 Å². The number of nitrogens with zero attached hydrogens (tertiary/aromatic N) is 1. The molecule has 1 aliphatic rings. The molecule has 2 rings (SSSR count). The third-order valence-corrected chi connectivity index (χ3v) is 3.68. The smallest absolute Gasteiger partial charge is 0.123 e. The molecule has 1 heterocycles. The fourth-order valence-electron chi connectivity index (χ4n) is 2.02. The first kappa shape index (κ1) is 11.1. The van der Waals surface area contributed by atoms with Gasteiger partial charge >= 0.3 is 0 Å². The van der Waals surface area contributed by atoms with E-state index in [1.54, 1.807) is 12.1 Å². The highest BCUT2D eigenvalue weighted by Gasteiger charge is 2.11. The monoisotopic (exact) mass is 271 g/mol. The van der Waals surface area contributed by atoms with Crippen LogP contribution in [0.25, 0.3) is 0 Å². The lowest BCUT2D eigenvalue weighted by Crippen LogP contribution is -2.22. The van der Waals surface area contributed by atoms with Gasteiger partial charge in [0.25, 0.3) is 0 Å². The third-order valence-electron chi connectivity index (χ3n) is 2.90. The Labute approximate surface area is 98.4 Å². The minimum absolute atomic E-state index is 0.144. The Bertz CT molecular complexity index is 334. The number of rotatable bonds is 3. The SMILES string of the molecule is Fc1ccc(Br)c(CCN2CCCC2)c1. The van der Waals surface area contributed by atoms with Crippen molar-refractivity contribution in [1.82, 2.24) is 4.90 Å². The van der Waals surface area contributed by atoms with Gasteiger partial charge in [-0.2, -0.15) is 0 Å². The Hall–Kier alpha value is -0.410. The molecule has 1 aromatic carbocycles. The first-order chi connectivity index (χ1) is 7.25. The van der Waals surface area contributed by atoms with Crippen LogP contribution in [0, 0.1) is 5.82 Å². The van der Waals surface area contributed by atoms with Crippen LogP contribution in [0.5, 0.6) is 0 Å². The van der Waals surface area contributed by atoms with Crippen LogP contribution in [0.15, 0.2) is 22.7 Å². The van der Waals surface area contributed by atoms with Crippen molar-refractivity contribution in [3.8, 4) is 0 Å². The van der Waals surface area contributed by atoms with Gasteiger partial charge in [0.15, 0.2) is 0 Å². The molecule has 0 unspecified atom stereocenters. The molecule has 0 spiro atoms. The summed E-state index contributed by atoms with van der Waals surface area (Å²) >= 11 is 3.45. The zero-order chi connectivity index (χ0) is 10.7. The number of hydrogen-bond acceptors (Lipinski definition) is 1. The number of likely N-dealkylation sites (tertiary alicyclic amines) is 1. The normalized spacial score (nSPS) is 17.2. The lowest BCUT2D eigenvalue weighted by molar-refractivity contribution is 0.343. The Morgan fingerprint density at radius 1 is 1.27 bits per heavy atom. The van der Waals surface area contributed by atoms with Gasteiger partial charge in [-0.15, -0.1) is 0 Å². The van der Waals surface area contributed by atoms with Crippen molar-refractivity contribution in [3.05, 3.63) is 34.1 Å². The van der Waals surface area contributed by atoms with Crippen LogP contribution in [0.2, 0.25) is 0 Å². The maximum atomic E-state index is 13.0. The highest BCUT2D eigenvalue weighted by Crippen LogP contribution is 2.19. The molecule has 1 aliphatic heterocycles. The maximum Gasteiger partial charge on any atom is 0.123 e. The van der Waals surface area contributed by atoms with E-state index in [0.717, 1.165) is 23.0 Å². The van der Waals surface area contributed by atoms with Gasteiger partial charge in [-0.1, -0.05) is 15.9 Å². The second kappa shape index (κ2) is 5.08. The summed E-state index contributed by atoms with van der Waals surface area (Å²) in [5.41, 5.74) is 1.07. The van der Waals surface area contributed by atoms with E-state index in [9.17, 15) is 4.39 Å². The molecule has 0 aromatic heterocycles. The third kappa shape index (κ3) is 3.02. The van der Waals surface area contributed by atoms with Crippen LogP contribution in [0.1, 0.15) is 18.4 Å². The summed E-state index contributed by atoms with van der Waals surface area (Å²) in [6.45, 7) is 3.45. The molecule has 0 radical (unpaired) electrons. The van der Waals surface area contributed by atoms with Crippen LogP contribution in [-0.4, -0.2) is 24.5 Å². The van der Waals surface area contributed by atoms with Gasteiger partial charge in [0.05, 0.1) is 0 Å². The predicted molar refractivity (Wildman–Crippen MR) is 63.5 cm³/mol. The average Bonchev–Trinajstić information content (AvgIpc) is 2.72. The van der Waals surface area contributed by atoms with Crippen molar-refractivity contribution in [2.24, 2.45) is 0 Å². The molecule has 0 saturated carbocycles. The molecule has 0 bridgehead atoms. The van der Waals surface area contributed by atoms with Crippen LogP contribution < -0.4 is 0 Å². The fourth-order valence-corrected chi connectivity index (χ4v) is 2.46. The zero-order valence-electron chi connectivity index (χ0n) is 8.68. The van der Waals surface area contributed by atoms with E-state index in [-0.39, 0.29) is 5.82 Å². The molecule has 15 heavy (non-hydrogen) atoms. The van der Waals surface area contributed by atoms with Crippen molar-refractivity contribution in [2.45, 2.75) is 19.3 Å². The maximum absolute atomic E-state index is 13.0. The van der Waals surface area contributed by atoms with Gasteiger partial charge in [0, 0.05) is 11.0 Å². The van der Waals surface area contributed by atoms with E-state index in [1.807, 2.05) is 0 Å². The van der Waals surface area contributed by atoms with Crippen molar-refractivity contribution in [3.63, 3.8) is 0 Å². The Morgan fingerprint density at radius 2 is 2.00 bits per heavy atom. The lowest BCUT2D eigenvalue weighted by atomic mass is 10.1. The zero-order valence-corrected chi connectivity index (χ0v) is 10.3. The molecular formula is C12H15BrFN. The van der Waals surface area contributed by atoms with Crippen LogP contribution in [-0.2, 0) is 6.42 Å². The largest absolute Gasteiger partial charge is 0.303 e. The average molecular weight is 272 g/mol. The van der Waals surface area contributed by atoms with E-state index >= 15 is 0 Å². The molecule has 1 fully saturated rings. The fraction of sp³-hybridized carbons (Fsp3) is 0.500. The van der Waals surface area contributed by atoms with Crippen LogP contribution >= 0.6 is 15.9 Å². The highest BCUT2D eigenvalue weighted by molar-refractivity contribution is 9.10. The molecule has 0 N–H and O–H groups in total. The van der Waals surface area contributed by atoms with Crippen molar-refractivity contribution in [1.29, 1.82) is 0 Å². The second-order valence-electron chi connectivity index (χ2n) is 4.03. The molecule has 82 valence electrons. The quantitative estimate of drug-likeness (QED) is 0.816. The summed E-state index contributed by atoms with van der Waals surface area (Å²) in [6.07, 6.45) is 3.55. The number of hydrogen-bond donors (Lipinski definition) is 0. The summed E-state index contributed by atoms with van der Waals surface area (Å²) in [4.78, 5) is 2.44. The Kier molecular flexibility index (Phi) is 3.76. The highest BCUT2D eigenvalue weighted by atomic mass is 79.9. The minimum atomic E-state index is -0.144. The topological polar surface area (TPSA) is 3.24 Å². The van der Waals surface area contributed by atoms with Crippen LogP contribution in [0.3, 0.4) is 0 Å². The summed E-state index contributed by atoms with van der Waals surface area (Å²) < 4.78 is 14.0. The van der Waals surface area contributed by atoms with Crippen molar-refractivity contribution < 1.29 is 4.39 Å². The molecule has 1 aromatic rings. The molecule has 1 nitrogen and oxygen atoms in total. The molecule has 0 amide bonds. The summed E-state index contributed by atoms with van der Waals surface area (Å²) in [5.74, 6) is -0.144. The van der Waals surface area contributed by atoms with Crippen molar-refractivity contribution in [2.75, 3.05) is 19.6 Å². The molecule has 0 atom stereocenters. The molecule has 1 saturated heterocycles. The predicted octanol–water partition coefficient (Wildman–Crippen LogP) is 3.23. The summed E-state index contributed by atoms with van der Waals surface area (Å²) in [7, 11) is 0. The molecule has 0 aliphatic carbocycles. The first-order valence-corrected chi connectivity index (χ1v) is 6.21. The standard InChI is InChI=1S/C12H15BrFN/c13-12-4-3-11(14)9-10(12)5-8-15-6-1-2-7-15/h3-4,9H,1-2,5-8H2. The number of benzene rings is 1. The van der Waals surface area contributed by atoms with Gasteiger partial charge in [0.2, 0.25) is 0 Å². The Balaban J connectivity index is 1.94. The number of halogens is 2. The second-order valence-corrected chi connectivity index (χ2v) is 4.89. The van der Waals surface area contributed by atoms with Gasteiger partial charge in [0.1, 0.15) is 5.82 Å². The van der Waals surface area contributed by atoms with Gasteiger partial charge < -0.3 is 4.90 Å². The van der Waals surface area contributed by atoms with E-state index in [2.05, 4.69) is 20.8 Å². The molecular weight excluding hydrogens is 257 g/mol. The van der Waals surface area contributed by atoms with Crippen molar-refractivity contribution >= 4 is 15.9 Å². The lowest BCUT2D eigenvalue weighted by Gasteiger charge is -2.14. The van der Waals surface area contributed by atoms with Crippen LogP contribution in [0.4, 0.5) is 4.39 Å².